The van der Waals surface area contributed by atoms with Gasteiger partial charge in [-0.1, -0.05) is 172 Å². The van der Waals surface area contributed by atoms with Gasteiger partial charge in [0.25, 0.3) is 0 Å². The topological polar surface area (TPSA) is 48.1 Å². The van der Waals surface area contributed by atoms with Crippen LogP contribution in [-0.2, 0) is 21.1 Å². The average molecular weight is 1050 g/mol. The number of fused-ring (bicyclic) bond motifs is 6. The molecule has 4 heterocycles. The minimum absolute atomic E-state index is 0. The molecule has 10 aromatic rings. The van der Waals surface area contributed by atoms with Gasteiger partial charge in [0.05, 0.1) is 5.69 Å². The largest absolute Gasteiger partial charge is 2.00 e. The van der Waals surface area contributed by atoms with Gasteiger partial charge in [0, 0.05) is 40.8 Å². The van der Waals surface area contributed by atoms with Crippen molar-refractivity contribution in [1.29, 1.82) is 0 Å². The van der Waals surface area contributed by atoms with E-state index in [2.05, 4.69) is 220 Å². The minimum atomic E-state index is -0.175. The Hall–Kier alpha value is -6.95. The van der Waals surface area contributed by atoms with Crippen LogP contribution < -0.4 is 15.0 Å². The van der Waals surface area contributed by atoms with Gasteiger partial charge in [-0.3, -0.25) is 4.98 Å². The number of para-hydroxylation sites is 1. The molecule has 1 aliphatic heterocycles. The maximum atomic E-state index is 6.79. The first kappa shape index (κ1) is 43.9. The molecule has 0 radical (unpaired) electrons. The fourth-order valence-electron chi connectivity index (χ4n) is 10.0. The molecule has 3 aromatic heterocycles. The molecule has 0 fully saturated rings. The normalized spacial score (nSPS) is 12.2. The van der Waals surface area contributed by atoms with Gasteiger partial charge in [-0.05, 0) is 100 Å². The van der Waals surface area contributed by atoms with Crippen LogP contribution in [0.1, 0.15) is 61.8 Å². The van der Waals surface area contributed by atoms with E-state index in [4.69, 9.17) is 14.7 Å². The second kappa shape index (κ2) is 17.7. The van der Waals surface area contributed by atoms with E-state index in [0.29, 0.717) is 23.3 Å². The Morgan fingerprint density at radius 1 is 0.627 bits per heavy atom. The molecule has 0 N–H and O–H groups in total. The van der Waals surface area contributed by atoms with Crippen molar-refractivity contribution in [3.63, 3.8) is 0 Å². The van der Waals surface area contributed by atoms with Crippen molar-refractivity contribution < 1.29 is 25.8 Å². The Morgan fingerprint density at radius 3 is 1.90 bits per heavy atom. The number of benzene rings is 7. The summed E-state index contributed by atoms with van der Waals surface area (Å²) in [6, 6.07) is 61.1. The summed E-state index contributed by atoms with van der Waals surface area (Å²) in [5, 5.41) is 2.22. The smallest absolute Gasteiger partial charge is 0.503 e. The van der Waals surface area contributed by atoms with Gasteiger partial charge >= 0.3 is 28.0 Å². The van der Waals surface area contributed by atoms with Crippen molar-refractivity contribution >= 4 is 39.9 Å². The van der Waals surface area contributed by atoms with Crippen LogP contribution in [-0.4, -0.2) is 33.0 Å². The maximum Gasteiger partial charge on any atom is 2.00 e. The molecule has 0 atom stereocenters. The first-order chi connectivity index (χ1) is 32.1. The van der Waals surface area contributed by atoms with Crippen LogP contribution in [0.25, 0.3) is 72.5 Å². The first-order valence-electron chi connectivity index (χ1n) is 23.0. The molecule has 330 valence electrons. The van der Waals surface area contributed by atoms with Gasteiger partial charge in [-0.15, -0.1) is 23.6 Å². The zero-order valence-electron chi connectivity index (χ0n) is 38.8. The van der Waals surface area contributed by atoms with Gasteiger partial charge in [-0.2, -0.15) is 6.07 Å². The van der Waals surface area contributed by atoms with E-state index < -0.39 is 0 Å². The predicted molar refractivity (Wildman–Crippen MR) is 274 cm³/mol. The van der Waals surface area contributed by atoms with Crippen LogP contribution in [0.5, 0.6) is 11.5 Å². The zero-order chi connectivity index (χ0) is 45.2. The summed E-state index contributed by atoms with van der Waals surface area (Å²) < 4.78 is 11.4. The molecule has 7 aromatic carbocycles. The average Bonchev–Trinajstić information content (AvgIpc) is 3.92. The third-order valence-corrected chi connectivity index (χ3v) is 13.4. The second-order valence-corrected chi connectivity index (χ2v) is 18.2. The quantitative estimate of drug-likeness (QED) is 0.107. The number of rotatable bonds is 9. The van der Waals surface area contributed by atoms with Crippen LogP contribution in [0.4, 0.5) is 5.69 Å². The number of ether oxygens (including phenoxy) is 1. The monoisotopic (exact) mass is 1050 g/mol. The van der Waals surface area contributed by atoms with Gasteiger partial charge < -0.3 is 18.6 Å². The van der Waals surface area contributed by atoms with E-state index >= 15 is 0 Å². The third kappa shape index (κ3) is 7.60. The summed E-state index contributed by atoms with van der Waals surface area (Å²) in [6.07, 6.45) is 4.22. The Balaban J connectivity index is 0.00000525. The van der Waals surface area contributed by atoms with E-state index in [0.717, 1.165) is 83.8 Å². The van der Waals surface area contributed by atoms with Crippen LogP contribution in [0.2, 0.25) is 0 Å². The number of imidazole rings is 1. The van der Waals surface area contributed by atoms with Crippen molar-refractivity contribution in [1.82, 2.24) is 19.0 Å². The van der Waals surface area contributed by atoms with Gasteiger partial charge in [0.2, 0.25) is 0 Å². The summed E-state index contributed by atoms with van der Waals surface area (Å²) in [6.45, 7) is 13.2. The number of pyridine rings is 1. The Bertz CT molecular complexity index is 3380. The molecule has 0 spiro atoms. The van der Waals surface area contributed by atoms with Crippen LogP contribution in [0.3, 0.4) is 0 Å². The first-order valence-corrected chi connectivity index (χ1v) is 23.0. The minimum Gasteiger partial charge on any atom is -0.503 e. The number of aryl methyl sites for hydroxylation is 2. The van der Waals surface area contributed by atoms with Crippen LogP contribution in [0, 0.1) is 26.0 Å². The molecule has 0 saturated carbocycles. The molecule has 67 heavy (non-hydrogen) atoms. The number of hydrogen-bond acceptors (Lipinski definition) is 4. The van der Waals surface area contributed by atoms with Gasteiger partial charge in [-0.25, -0.2) is 4.98 Å². The standard InChI is InChI=1S/C59H50BN5O.Pt/c1-37(2)45-23-16-24-46(38(3)4)58(45)60-63(7)53-31-29-43(66-44-28-30-50-49-22-14-15-27-54(49)65(55(50)34-44)56-32-39(5)40(6)35-61-56)33-51(53)59-62-52(36-64(59)60)57-47(41-18-10-8-11-19-41)25-17-26-48(57)42-20-12-9-13-21-42;/h8-32,35-38H,1-7H3;/q-2;+2. The number of nitrogens with zero attached hydrogens (tertiary/aromatic N) is 5. The van der Waals surface area contributed by atoms with Crippen molar-refractivity contribution in [2.24, 2.45) is 0 Å². The Morgan fingerprint density at radius 2 is 1.24 bits per heavy atom. The summed E-state index contributed by atoms with van der Waals surface area (Å²) in [7, 11) is 2.20. The fraction of sp³-hybridized carbons (Fsp3) is 0.153. The van der Waals surface area contributed by atoms with E-state index in [-0.39, 0.29) is 28.0 Å². The molecule has 8 heteroatoms. The molecule has 0 saturated heterocycles. The molecule has 11 rings (SSSR count). The third-order valence-electron chi connectivity index (χ3n) is 13.4. The summed E-state index contributed by atoms with van der Waals surface area (Å²) >= 11 is 0. The zero-order valence-corrected chi connectivity index (χ0v) is 41.1. The number of anilines is 1. The predicted octanol–water partition coefficient (Wildman–Crippen LogP) is 14.0. The molecule has 1 aliphatic rings. The molecular weight excluding hydrogens is 1000 g/mol. The van der Waals surface area contributed by atoms with Crippen molar-refractivity contribution in [2.45, 2.75) is 53.4 Å². The number of hydrogen-bond donors (Lipinski definition) is 0. The van der Waals surface area contributed by atoms with E-state index in [1.807, 2.05) is 18.3 Å². The van der Waals surface area contributed by atoms with Gasteiger partial charge in [0.15, 0.2) is 0 Å². The Labute approximate surface area is 408 Å². The summed E-state index contributed by atoms with van der Waals surface area (Å²) in [5.74, 6) is 3.48. The molecular formula is C59H50BN5OPt. The van der Waals surface area contributed by atoms with Crippen LogP contribution in [0.15, 0.2) is 164 Å². The van der Waals surface area contributed by atoms with Crippen molar-refractivity contribution in [3.05, 3.63) is 198 Å². The fourth-order valence-corrected chi connectivity index (χ4v) is 10.0. The van der Waals surface area contributed by atoms with E-state index in [1.54, 1.807) is 0 Å². The molecule has 0 aliphatic carbocycles. The number of aromatic nitrogens is 4. The van der Waals surface area contributed by atoms with Gasteiger partial charge in [0.1, 0.15) is 5.82 Å². The van der Waals surface area contributed by atoms with E-state index in [9.17, 15) is 0 Å². The second-order valence-electron chi connectivity index (χ2n) is 18.2. The summed E-state index contributed by atoms with van der Waals surface area (Å²) in [5.41, 5.74) is 16.7. The molecule has 6 nitrogen and oxygen atoms in total. The maximum absolute atomic E-state index is 6.79. The van der Waals surface area contributed by atoms with Crippen LogP contribution >= 0.6 is 0 Å². The Kier molecular flexibility index (Phi) is 11.6. The summed E-state index contributed by atoms with van der Waals surface area (Å²) in [4.78, 5) is 13.0. The SMILES string of the molecule is Cc1cnc(-n2c3[c-]c(Oc4[c-]c5c(cc4)N(C)B(c4c(C(C)C)cccc4C(C)C)n4cc(-c6c(-c7ccccc7)cccc6-c6ccccc6)nc4-5)ccc3c3ccccc32)cc1C.[Pt+2]. The van der Waals surface area contributed by atoms with Crippen molar-refractivity contribution in [2.75, 3.05) is 11.9 Å². The molecule has 0 bridgehead atoms. The van der Waals surface area contributed by atoms with Crippen molar-refractivity contribution in [3.8, 4) is 62.2 Å². The molecule has 0 unspecified atom stereocenters. The van der Waals surface area contributed by atoms with E-state index in [1.165, 1.54) is 22.2 Å². The molecule has 0 amide bonds.